The smallest absolute Gasteiger partial charge is 0.336 e. The minimum absolute atomic E-state index is 0.0146. The van der Waals surface area contributed by atoms with E-state index in [1.165, 1.54) is 24.5 Å². The number of aliphatic carboxylic acids is 1. The number of carboxylic acid groups (broad SMARTS) is 1. The zero-order valence-corrected chi connectivity index (χ0v) is 12.0. The molecule has 2 aromatic rings. The molecule has 0 aliphatic rings. The van der Waals surface area contributed by atoms with Crippen LogP contribution < -0.4 is 0 Å². The van der Waals surface area contributed by atoms with E-state index in [2.05, 4.69) is 4.98 Å². The van der Waals surface area contributed by atoms with Crippen LogP contribution in [0.2, 0.25) is 0 Å². The second kappa shape index (κ2) is 5.88. The maximum Gasteiger partial charge on any atom is 0.336 e. The zero-order valence-electron chi connectivity index (χ0n) is 11.2. The van der Waals surface area contributed by atoms with Crippen molar-refractivity contribution < 1.29 is 18.3 Å². The summed E-state index contributed by atoms with van der Waals surface area (Å²) in [6.07, 6.45) is 5.39. The molecule has 0 amide bonds. The number of carboxylic acids is 1. The first-order valence-corrected chi connectivity index (χ1v) is 7.93. The van der Waals surface area contributed by atoms with Crippen molar-refractivity contribution in [2.75, 3.05) is 6.26 Å². The number of nitrogens with zero attached hydrogens (tertiary/aromatic N) is 1. The molecule has 1 N–H and O–H groups in total. The first-order valence-electron chi connectivity index (χ1n) is 6.04. The molecule has 1 aromatic heterocycles. The summed E-state index contributed by atoms with van der Waals surface area (Å²) in [5, 5.41) is 9.34. The molecule has 1 aromatic carbocycles. The standard InChI is InChI=1S/C15H13NO4S/c1-21(19,20)14-7-3-2-5-11(14)9-13(15(17)18)12-6-4-8-16-10-12/h2-10H,1H3,(H,17,18)/b13-9+. The summed E-state index contributed by atoms with van der Waals surface area (Å²) in [6, 6.07) is 9.49. The van der Waals surface area contributed by atoms with E-state index in [0.29, 0.717) is 11.1 Å². The molecule has 0 aliphatic heterocycles. The highest BCUT2D eigenvalue weighted by atomic mass is 32.2. The normalized spacial score (nSPS) is 12.1. The third kappa shape index (κ3) is 3.55. The molecule has 0 atom stereocenters. The lowest BCUT2D eigenvalue weighted by Crippen LogP contribution is -2.03. The average Bonchev–Trinajstić information content (AvgIpc) is 2.44. The van der Waals surface area contributed by atoms with Gasteiger partial charge < -0.3 is 5.11 Å². The highest BCUT2D eigenvalue weighted by Crippen LogP contribution is 2.22. The van der Waals surface area contributed by atoms with Crippen LogP contribution in [0.1, 0.15) is 11.1 Å². The number of pyridine rings is 1. The fourth-order valence-corrected chi connectivity index (χ4v) is 2.76. The van der Waals surface area contributed by atoms with Crippen molar-refractivity contribution in [2.45, 2.75) is 4.90 Å². The van der Waals surface area contributed by atoms with Gasteiger partial charge in [-0.2, -0.15) is 0 Å². The Hall–Kier alpha value is -2.47. The molecular weight excluding hydrogens is 290 g/mol. The van der Waals surface area contributed by atoms with Gasteiger partial charge >= 0.3 is 5.97 Å². The molecule has 0 spiro atoms. The molecule has 0 unspecified atom stereocenters. The van der Waals surface area contributed by atoms with E-state index in [1.807, 2.05) is 0 Å². The quantitative estimate of drug-likeness (QED) is 0.874. The van der Waals surface area contributed by atoms with Crippen molar-refractivity contribution in [3.05, 3.63) is 59.9 Å². The zero-order chi connectivity index (χ0) is 15.5. The Morgan fingerprint density at radius 2 is 1.90 bits per heavy atom. The number of hydrogen-bond donors (Lipinski definition) is 1. The SMILES string of the molecule is CS(=O)(=O)c1ccccc1/C=C(/C(=O)O)c1cccnc1. The van der Waals surface area contributed by atoms with Crippen LogP contribution in [-0.2, 0) is 14.6 Å². The average molecular weight is 303 g/mol. The van der Waals surface area contributed by atoms with Crippen molar-refractivity contribution in [1.82, 2.24) is 4.98 Å². The molecule has 108 valence electrons. The third-order valence-electron chi connectivity index (χ3n) is 2.82. The van der Waals surface area contributed by atoms with E-state index in [4.69, 9.17) is 0 Å². The van der Waals surface area contributed by atoms with Crippen LogP contribution in [0.4, 0.5) is 0 Å². The van der Waals surface area contributed by atoms with Crippen LogP contribution in [0.15, 0.2) is 53.7 Å². The molecule has 0 fully saturated rings. The largest absolute Gasteiger partial charge is 0.478 e. The number of aromatic nitrogens is 1. The van der Waals surface area contributed by atoms with E-state index in [1.54, 1.807) is 30.3 Å². The predicted molar refractivity (Wildman–Crippen MR) is 79.3 cm³/mol. The maximum absolute atomic E-state index is 11.8. The fourth-order valence-electron chi connectivity index (χ4n) is 1.88. The summed E-state index contributed by atoms with van der Waals surface area (Å²) in [5.74, 6) is -1.15. The lowest BCUT2D eigenvalue weighted by atomic mass is 10.0. The van der Waals surface area contributed by atoms with Gasteiger partial charge in [0.05, 0.1) is 10.5 Å². The highest BCUT2D eigenvalue weighted by molar-refractivity contribution is 7.90. The van der Waals surface area contributed by atoms with Gasteiger partial charge in [-0.1, -0.05) is 24.3 Å². The van der Waals surface area contributed by atoms with Crippen molar-refractivity contribution >= 4 is 27.5 Å². The van der Waals surface area contributed by atoms with Gasteiger partial charge in [0, 0.05) is 24.2 Å². The molecule has 0 aliphatic carbocycles. The van der Waals surface area contributed by atoms with E-state index in [-0.39, 0.29) is 10.5 Å². The summed E-state index contributed by atoms with van der Waals surface area (Å²) in [6.45, 7) is 0. The lowest BCUT2D eigenvalue weighted by Gasteiger charge is -2.06. The van der Waals surface area contributed by atoms with Crippen LogP contribution in [0.3, 0.4) is 0 Å². The van der Waals surface area contributed by atoms with Crippen molar-refractivity contribution in [3.8, 4) is 0 Å². The van der Waals surface area contributed by atoms with E-state index < -0.39 is 15.8 Å². The van der Waals surface area contributed by atoms with Gasteiger partial charge in [-0.05, 0) is 23.8 Å². The van der Waals surface area contributed by atoms with Crippen LogP contribution in [0.5, 0.6) is 0 Å². The molecule has 0 saturated carbocycles. The molecule has 0 bridgehead atoms. The first-order chi connectivity index (χ1) is 9.89. The van der Waals surface area contributed by atoms with Gasteiger partial charge in [0.1, 0.15) is 0 Å². The van der Waals surface area contributed by atoms with Crippen molar-refractivity contribution in [3.63, 3.8) is 0 Å². The maximum atomic E-state index is 11.8. The Morgan fingerprint density at radius 1 is 1.19 bits per heavy atom. The number of hydrogen-bond acceptors (Lipinski definition) is 4. The summed E-state index contributed by atoms with van der Waals surface area (Å²) >= 11 is 0. The Balaban J connectivity index is 2.63. The lowest BCUT2D eigenvalue weighted by molar-refractivity contribution is -0.130. The van der Waals surface area contributed by atoms with Gasteiger partial charge in [0.2, 0.25) is 0 Å². The molecule has 0 saturated heterocycles. The predicted octanol–water partition coefficient (Wildman–Crippen LogP) is 2.11. The summed E-state index contributed by atoms with van der Waals surface area (Å²) in [4.78, 5) is 15.4. The van der Waals surface area contributed by atoms with E-state index in [9.17, 15) is 18.3 Å². The van der Waals surface area contributed by atoms with Gasteiger partial charge in [-0.3, -0.25) is 4.98 Å². The molecule has 6 heteroatoms. The van der Waals surface area contributed by atoms with Crippen LogP contribution >= 0.6 is 0 Å². The molecule has 1 heterocycles. The highest BCUT2D eigenvalue weighted by Gasteiger charge is 2.15. The summed E-state index contributed by atoms with van der Waals surface area (Å²) in [7, 11) is -3.44. The van der Waals surface area contributed by atoms with E-state index in [0.717, 1.165) is 6.26 Å². The Kier molecular flexibility index (Phi) is 4.18. The minimum Gasteiger partial charge on any atom is -0.478 e. The minimum atomic E-state index is -3.44. The molecule has 21 heavy (non-hydrogen) atoms. The Labute approximate surface area is 122 Å². The Bertz CT molecular complexity index is 795. The van der Waals surface area contributed by atoms with E-state index >= 15 is 0 Å². The third-order valence-corrected chi connectivity index (χ3v) is 3.99. The molecular formula is C15H13NO4S. The molecule has 2 rings (SSSR count). The van der Waals surface area contributed by atoms with Crippen molar-refractivity contribution in [1.29, 1.82) is 0 Å². The molecule has 0 radical (unpaired) electrons. The monoisotopic (exact) mass is 303 g/mol. The second-order valence-electron chi connectivity index (χ2n) is 4.41. The number of rotatable bonds is 4. The second-order valence-corrected chi connectivity index (χ2v) is 6.40. The number of carbonyl (C=O) groups is 1. The van der Waals surface area contributed by atoms with Crippen LogP contribution in [0, 0.1) is 0 Å². The van der Waals surface area contributed by atoms with Crippen LogP contribution in [-0.4, -0.2) is 30.7 Å². The van der Waals surface area contributed by atoms with Crippen LogP contribution in [0.25, 0.3) is 11.6 Å². The Morgan fingerprint density at radius 3 is 2.48 bits per heavy atom. The topological polar surface area (TPSA) is 84.3 Å². The van der Waals surface area contributed by atoms with Gasteiger partial charge in [0.25, 0.3) is 0 Å². The van der Waals surface area contributed by atoms with Gasteiger partial charge in [-0.15, -0.1) is 0 Å². The van der Waals surface area contributed by atoms with Gasteiger partial charge in [0.15, 0.2) is 9.84 Å². The number of benzene rings is 1. The van der Waals surface area contributed by atoms with Crippen molar-refractivity contribution in [2.24, 2.45) is 0 Å². The molecule has 5 nitrogen and oxygen atoms in total. The number of sulfone groups is 1. The van der Waals surface area contributed by atoms with Gasteiger partial charge in [-0.25, -0.2) is 13.2 Å². The first kappa shape index (κ1) is 14.9. The fraction of sp³-hybridized carbons (Fsp3) is 0.0667. The summed E-state index contributed by atoms with van der Waals surface area (Å²) < 4.78 is 23.5. The summed E-state index contributed by atoms with van der Waals surface area (Å²) in [5.41, 5.74) is 0.730.